The van der Waals surface area contributed by atoms with Gasteiger partial charge in [-0.05, 0) is 69.2 Å². The van der Waals surface area contributed by atoms with Crippen molar-refractivity contribution in [3.8, 4) is 17.1 Å². The monoisotopic (exact) mass is 451 g/mol. The van der Waals surface area contributed by atoms with Crippen molar-refractivity contribution in [1.29, 1.82) is 0 Å². The highest BCUT2D eigenvalue weighted by atomic mass is 16.5. The van der Waals surface area contributed by atoms with E-state index in [-0.39, 0.29) is 24.9 Å². The number of carboxylic acid groups (broad SMARTS) is 1. The molecule has 1 saturated carbocycles. The fourth-order valence-corrected chi connectivity index (χ4v) is 4.04. The van der Waals surface area contributed by atoms with E-state index in [2.05, 4.69) is 0 Å². The van der Waals surface area contributed by atoms with E-state index in [1.165, 1.54) is 0 Å². The fourth-order valence-electron chi connectivity index (χ4n) is 4.04. The van der Waals surface area contributed by atoms with Crippen molar-refractivity contribution in [2.24, 2.45) is 0 Å². The van der Waals surface area contributed by atoms with Crippen LogP contribution in [0.1, 0.15) is 41.4 Å². The van der Waals surface area contributed by atoms with Crippen LogP contribution in [0.25, 0.3) is 11.3 Å². The third kappa shape index (κ3) is 5.96. The third-order valence-electron chi connectivity index (χ3n) is 5.67. The molecule has 4 rings (SSSR count). The van der Waals surface area contributed by atoms with Crippen molar-refractivity contribution in [2.75, 3.05) is 11.5 Å². The molecule has 1 aliphatic rings. The maximum Gasteiger partial charge on any atom is 0.329 e. The number of nitrogens with zero attached hydrogens (tertiary/aromatic N) is 1. The molecule has 2 aromatic carbocycles. The zero-order valence-electron chi connectivity index (χ0n) is 20.9. The molecule has 1 fully saturated rings. The van der Waals surface area contributed by atoms with Crippen LogP contribution < -0.4 is 9.64 Å². The van der Waals surface area contributed by atoms with Gasteiger partial charge >= 0.3 is 5.97 Å². The summed E-state index contributed by atoms with van der Waals surface area (Å²) < 4.78 is 35.5. The lowest BCUT2D eigenvalue weighted by molar-refractivity contribution is -0.144. The van der Waals surface area contributed by atoms with E-state index in [4.69, 9.17) is 21.7 Å². The second kappa shape index (κ2) is 10.6. The van der Waals surface area contributed by atoms with Gasteiger partial charge in [0.05, 0.1) is 15.1 Å². The smallest absolute Gasteiger partial charge is 0.329 e. The lowest BCUT2D eigenvalue weighted by Crippen LogP contribution is -2.30. The summed E-state index contributed by atoms with van der Waals surface area (Å²) in [5.74, 6) is 0.259. The maximum absolute atomic E-state index is 10.8. The van der Waals surface area contributed by atoms with Gasteiger partial charge in [0.1, 0.15) is 24.2 Å². The standard InChI is InChI=1S/C27H31NO5/c1-19(2)28(22-11-9-20(10-12-22)25-8-5-15-31-25)17-21-6-3-4-7-26(21)33-24-14-13-23(16-24)32-18-27(29)30/h3-12,15,19,23-24H,13-14,16-18H2,1-2H3,(H,29,30)/i17D2. The lowest BCUT2D eigenvalue weighted by Gasteiger charge is -2.30. The van der Waals surface area contributed by atoms with Crippen LogP contribution in [0.15, 0.2) is 71.3 Å². The molecule has 0 radical (unpaired) electrons. The number of ether oxygens (including phenoxy) is 2. The topological polar surface area (TPSA) is 72.1 Å². The van der Waals surface area contributed by atoms with Crippen LogP contribution >= 0.6 is 0 Å². The Bertz CT molecular complexity index is 1110. The van der Waals surface area contributed by atoms with Gasteiger partial charge in [0.2, 0.25) is 0 Å². The Morgan fingerprint density at radius 1 is 1.12 bits per heavy atom. The molecule has 2 atom stereocenters. The zero-order chi connectivity index (χ0) is 25.0. The van der Waals surface area contributed by atoms with Crippen LogP contribution in [0.4, 0.5) is 5.69 Å². The number of anilines is 1. The summed E-state index contributed by atoms with van der Waals surface area (Å²) >= 11 is 0. The minimum absolute atomic E-state index is 0.132. The van der Waals surface area contributed by atoms with Crippen molar-refractivity contribution < 1.29 is 26.5 Å². The zero-order valence-corrected chi connectivity index (χ0v) is 18.9. The minimum Gasteiger partial charge on any atom is -0.490 e. The number of rotatable bonds is 10. The predicted octanol–water partition coefficient (Wildman–Crippen LogP) is 5.76. The van der Waals surface area contributed by atoms with Crippen molar-refractivity contribution in [1.82, 2.24) is 0 Å². The normalized spacial score (nSPS) is 19.2. The summed E-state index contributed by atoms with van der Waals surface area (Å²) in [5.41, 5.74) is 2.12. The SMILES string of the molecule is [2H]C([2H])(c1ccccc1OC1CCC(OCC(=O)O)C1)N(c1ccc(-c2ccco2)cc1)C(C)C. The van der Waals surface area contributed by atoms with Gasteiger partial charge in [0.25, 0.3) is 0 Å². The highest BCUT2D eigenvalue weighted by molar-refractivity contribution is 5.68. The molecule has 6 heteroatoms. The van der Waals surface area contributed by atoms with Crippen molar-refractivity contribution >= 4 is 11.7 Å². The summed E-state index contributed by atoms with van der Waals surface area (Å²) in [4.78, 5) is 12.5. The summed E-state index contributed by atoms with van der Waals surface area (Å²) in [6, 6.07) is 18.5. The maximum atomic E-state index is 10.8. The fraction of sp³-hybridized carbons (Fsp3) is 0.370. The average molecular weight is 452 g/mol. The second-order valence-electron chi connectivity index (χ2n) is 8.48. The van der Waals surface area contributed by atoms with Crippen LogP contribution in [0.3, 0.4) is 0 Å². The Morgan fingerprint density at radius 2 is 1.88 bits per heavy atom. The number of para-hydroxylation sites is 1. The summed E-state index contributed by atoms with van der Waals surface area (Å²) in [5, 5.41) is 8.85. The van der Waals surface area contributed by atoms with E-state index in [0.717, 1.165) is 23.4 Å². The molecule has 6 nitrogen and oxygen atoms in total. The molecule has 0 amide bonds. The van der Waals surface area contributed by atoms with Crippen molar-refractivity contribution in [3.63, 3.8) is 0 Å². The Morgan fingerprint density at radius 3 is 2.58 bits per heavy atom. The average Bonchev–Trinajstić information content (AvgIpc) is 3.51. The summed E-state index contributed by atoms with van der Waals surface area (Å²) in [7, 11) is 0. The largest absolute Gasteiger partial charge is 0.490 e. The molecule has 1 aromatic heterocycles. The molecule has 2 unspecified atom stereocenters. The highest BCUT2D eigenvalue weighted by Gasteiger charge is 2.28. The molecule has 174 valence electrons. The molecular weight excluding hydrogens is 418 g/mol. The van der Waals surface area contributed by atoms with Gasteiger partial charge in [-0.1, -0.05) is 18.2 Å². The van der Waals surface area contributed by atoms with E-state index < -0.39 is 12.5 Å². The van der Waals surface area contributed by atoms with Gasteiger partial charge in [-0.15, -0.1) is 0 Å². The summed E-state index contributed by atoms with van der Waals surface area (Å²) in [6.07, 6.45) is 3.32. The Kier molecular flexibility index (Phi) is 6.53. The van der Waals surface area contributed by atoms with Crippen LogP contribution in [0, 0.1) is 0 Å². The van der Waals surface area contributed by atoms with Gasteiger partial charge in [-0.2, -0.15) is 0 Å². The first-order chi connectivity index (χ1) is 16.8. The van der Waals surface area contributed by atoms with E-state index in [9.17, 15) is 4.79 Å². The Hall–Kier alpha value is -3.25. The van der Waals surface area contributed by atoms with E-state index in [1.54, 1.807) is 23.3 Å². The van der Waals surface area contributed by atoms with E-state index in [0.29, 0.717) is 24.2 Å². The highest BCUT2D eigenvalue weighted by Crippen LogP contribution is 2.31. The second-order valence-corrected chi connectivity index (χ2v) is 8.48. The Labute approximate surface area is 197 Å². The number of carbonyl (C=O) groups is 1. The predicted molar refractivity (Wildman–Crippen MR) is 128 cm³/mol. The van der Waals surface area contributed by atoms with Crippen LogP contribution in [-0.4, -0.2) is 35.9 Å². The molecule has 33 heavy (non-hydrogen) atoms. The molecule has 1 N–H and O–H groups in total. The Balaban J connectivity index is 1.55. The number of benzene rings is 2. The van der Waals surface area contributed by atoms with Gasteiger partial charge in [-0.3, -0.25) is 0 Å². The van der Waals surface area contributed by atoms with Gasteiger partial charge < -0.3 is 23.9 Å². The first kappa shape index (κ1) is 20.4. The first-order valence-corrected chi connectivity index (χ1v) is 11.3. The van der Waals surface area contributed by atoms with Crippen molar-refractivity contribution in [3.05, 3.63) is 72.5 Å². The molecule has 3 aromatic rings. The van der Waals surface area contributed by atoms with Gasteiger partial charge in [0.15, 0.2) is 0 Å². The summed E-state index contributed by atoms with van der Waals surface area (Å²) in [6.45, 7) is 1.75. The molecular formula is C27H31NO5. The molecule has 0 spiro atoms. The number of carboxylic acids is 1. The molecule has 0 saturated heterocycles. The molecule has 0 aliphatic heterocycles. The number of hydrogen-bond acceptors (Lipinski definition) is 5. The van der Waals surface area contributed by atoms with E-state index >= 15 is 0 Å². The van der Waals surface area contributed by atoms with Gasteiger partial charge in [0, 0.05) is 35.8 Å². The number of aliphatic carboxylic acids is 1. The van der Waals surface area contributed by atoms with Crippen molar-refractivity contribution in [2.45, 2.75) is 57.9 Å². The van der Waals surface area contributed by atoms with Crippen LogP contribution in [0.2, 0.25) is 0 Å². The molecule has 1 heterocycles. The lowest BCUT2D eigenvalue weighted by atomic mass is 10.1. The third-order valence-corrected chi connectivity index (χ3v) is 5.67. The number of hydrogen-bond donors (Lipinski definition) is 1. The first-order valence-electron chi connectivity index (χ1n) is 12.3. The molecule has 1 aliphatic carbocycles. The van der Waals surface area contributed by atoms with E-state index in [1.807, 2.05) is 62.4 Å². The van der Waals surface area contributed by atoms with Gasteiger partial charge in [-0.25, -0.2) is 4.79 Å². The van der Waals surface area contributed by atoms with Crippen LogP contribution in [-0.2, 0) is 16.0 Å². The number of furan rings is 1. The minimum atomic E-state index is -1.85. The quantitative estimate of drug-likeness (QED) is 0.422. The van der Waals surface area contributed by atoms with Crippen LogP contribution in [0.5, 0.6) is 5.75 Å². The molecule has 0 bridgehead atoms.